The van der Waals surface area contributed by atoms with Gasteiger partial charge in [-0.1, -0.05) is 36.4 Å². The molecule has 3 aromatic rings. The molecule has 3 aromatic carbocycles. The van der Waals surface area contributed by atoms with Crippen LogP contribution >= 0.6 is 0 Å². The van der Waals surface area contributed by atoms with Gasteiger partial charge in [0.1, 0.15) is 5.75 Å². The number of methoxy groups -OCH3 is 1. The summed E-state index contributed by atoms with van der Waals surface area (Å²) in [5.74, 6) is -0.0706. The number of aryl methyl sites for hydroxylation is 1. The van der Waals surface area contributed by atoms with Gasteiger partial charge in [0.05, 0.1) is 13.0 Å². The molecule has 0 saturated heterocycles. The molecule has 3 nitrogen and oxygen atoms in total. The summed E-state index contributed by atoms with van der Waals surface area (Å²) in [4.78, 5) is 12.1. The predicted octanol–water partition coefficient (Wildman–Crippen LogP) is 4.29. The van der Waals surface area contributed by atoms with Crippen LogP contribution in [0.5, 0.6) is 5.75 Å². The third-order valence-electron chi connectivity index (χ3n) is 4.95. The molecule has 1 N–H and O–H groups in total. The molecule has 23 heavy (non-hydrogen) atoms. The largest absolute Gasteiger partial charge is 0.507 e. The van der Waals surface area contributed by atoms with Gasteiger partial charge in [-0.15, -0.1) is 0 Å². The number of esters is 1. The van der Waals surface area contributed by atoms with E-state index in [2.05, 4.69) is 12.1 Å². The van der Waals surface area contributed by atoms with Gasteiger partial charge < -0.3 is 9.84 Å². The Bertz CT molecular complexity index is 927. The third kappa shape index (κ3) is 2.07. The van der Waals surface area contributed by atoms with Crippen LogP contribution in [0.25, 0.3) is 21.5 Å². The number of aromatic hydroxyl groups is 1. The Morgan fingerprint density at radius 3 is 2.61 bits per heavy atom. The number of carbonyl (C=O) groups excluding carboxylic acids is 1. The Balaban J connectivity index is 2.04. The molecule has 0 radical (unpaired) electrons. The third-order valence-corrected chi connectivity index (χ3v) is 4.95. The van der Waals surface area contributed by atoms with Gasteiger partial charge in [0.25, 0.3) is 0 Å². The molecule has 0 heterocycles. The monoisotopic (exact) mass is 306 g/mol. The lowest BCUT2D eigenvalue weighted by atomic mass is 9.80. The van der Waals surface area contributed by atoms with Crippen LogP contribution in [0.15, 0.2) is 42.5 Å². The number of fused-ring (bicyclic) bond motifs is 5. The molecule has 116 valence electrons. The fourth-order valence-electron chi connectivity index (χ4n) is 3.87. The Hall–Kier alpha value is -2.55. The van der Waals surface area contributed by atoms with E-state index in [0.29, 0.717) is 5.75 Å². The van der Waals surface area contributed by atoms with Gasteiger partial charge in [0.15, 0.2) is 0 Å². The lowest BCUT2D eigenvalue weighted by Crippen LogP contribution is -2.19. The average molecular weight is 306 g/mol. The second-order valence-electron chi connectivity index (χ2n) is 6.14. The van der Waals surface area contributed by atoms with E-state index in [1.807, 2.05) is 30.3 Å². The molecule has 0 aromatic heterocycles. The minimum atomic E-state index is -0.193. The quantitative estimate of drug-likeness (QED) is 0.539. The van der Waals surface area contributed by atoms with Gasteiger partial charge in [-0.3, -0.25) is 4.79 Å². The standard InChI is InChI=1S/C20H18O3/c1-23-20(22)17-8-4-7-13-14(17)9-10-15-12-5-2-3-6-16(12)19(21)11-18(13)15/h2-3,5-6,9-11,17,21H,4,7-8H2,1H3. The van der Waals surface area contributed by atoms with Crippen LogP contribution in [0.2, 0.25) is 0 Å². The first-order valence-electron chi connectivity index (χ1n) is 7.94. The zero-order valence-corrected chi connectivity index (χ0v) is 13.0. The number of ether oxygens (including phenoxy) is 1. The molecule has 1 aliphatic rings. The lowest BCUT2D eigenvalue weighted by Gasteiger charge is -2.25. The van der Waals surface area contributed by atoms with Crippen LogP contribution < -0.4 is 0 Å². The van der Waals surface area contributed by atoms with Gasteiger partial charge in [-0.25, -0.2) is 0 Å². The summed E-state index contributed by atoms with van der Waals surface area (Å²) in [6, 6.07) is 13.8. The fraction of sp³-hybridized carbons (Fsp3) is 0.250. The Morgan fingerprint density at radius 1 is 1.09 bits per heavy atom. The maximum Gasteiger partial charge on any atom is 0.313 e. The summed E-state index contributed by atoms with van der Waals surface area (Å²) in [7, 11) is 1.44. The van der Waals surface area contributed by atoms with Gasteiger partial charge in [0, 0.05) is 5.39 Å². The van der Waals surface area contributed by atoms with E-state index in [-0.39, 0.29) is 11.9 Å². The predicted molar refractivity (Wildman–Crippen MR) is 90.8 cm³/mol. The van der Waals surface area contributed by atoms with Crippen LogP contribution in [0.1, 0.15) is 29.9 Å². The highest BCUT2D eigenvalue weighted by Gasteiger charge is 2.28. The zero-order chi connectivity index (χ0) is 16.0. The molecule has 0 saturated carbocycles. The number of phenolic OH excluding ortho intramolecular Hbond substituents is 1. The second-order valence-corrected chi connectivity index (χ2v) is 6.14. The highest BCUT2D eigenvalue weighted by atomic mass is 16.5. The molecule has 0 amide bonds. The Morgan fingerprint density at radius 2 is 1.83 bits per heavy atom. The highest BCUT2D eigenvalue weighted by Crippen LogP contribution is 2.40. The van der Waals surface area contributed by atoms with E-state index in [9.17, 15) is 9.90 Å². The summed E-state index contributed by atoms with van der Waals surface area (Å²) in [6.07, 6.45) is 2.71. The van der Waals surface area contributed by atoms with Crippen molar-refractivity contribution in [2.24, 2.45) is 0 Å². The van der Waals surface area contributed by atoms with E-state index in [1.165, 1.54) is 12.7 Å². The number of rotatable bonds is 1. The molecule has 1 unspecified atom stereocenters. The fourth-order valence-corrected chi connectivity index (χ4v) is 3.87. The van der Waals surface area contributed by atoms with Gasteiger partial charge in [-0.2, -0.15) is 0 Å². The van der Waals surface area contributed by atoms with Crippen LogP contribution in [0, 0.1) is 0 Å². The molecular formula is C20H18O3. The average Bonchev–Trinajstić information content (AvgIpc) is 2.60. The number of hydrogen-bond donors (Lipinski definition) is 1. The first-order valence-corrected chi connectivity index (χ1v) is 7.94. The van der Waals surface area contributed by atoms with Crippen molar-refractivity contribution in [3.63, 3.8) is 0 Å². The highest BCUT2D eigenvalue weighted by molar-refractivity contribution is 6.11. The molecular weight excluding hydrogens is 288 g/mol. The van der Waals surface area contributed by atoms with Gasteiger partial charge in [-0.05, 0) is 52.6 Å². The normalized spacial score (nSPS) is 17.2. The first-order chi connectivity index (χ1) is 11.2. The molecule has 0 fully saturated rings. The molecule has 1 atom stereocenters. The van der Waals surface area contributed by atoms with E-state index in [0.717, 1.165) is 46.4 Å². The van der Waals surface area contributed by atoms with Crippen molar-refractivity contribution < 1.29 is 14.6 Å². The van der Waals surface area contributed by atoms with Crippen molar-refractivity contribution in [1.82, 2.24) is 0 Å². The molecule has 0 aliphatic heterocycles. The summed E-state index contributed by atoms with van der Waals surface area (Å²) in [6.45, 7) is 0. The number of benzene rings is 3. The topological polar surface area (TPSA) is 46.5 Å². The maximum atomic E-state index is 12.1. The molecule has 3 heteroatoms. The summed E-state index contributed by atoms with van der Waals surface area (Å²) < 4.78 is 4.96. The molecule has 1 aliphatic carbocycles. The Kier molecular flexibility index (Phi) is 3.22. The number of hydrogen-bond acceptors (Lipinski definition) is 3. The summed E-state index contributed by atoms with van der Waals surface area (Å²) in [5, 5.41) is 14.5. The van der Waals surface area contributed by atoms with Crippen LogP contribution in [0.3, 0.4) is 0 Å². The van der Waals surface area contributed by atoms with Crippen molar-refractivity contribution in [2.45, 2.75) is 25.2 Å². The summed E-state index contributed by atoms with van der Waals surface area (Å²) >= 11 is 0. The lowest BCUT2D eigenvalue weighted by molar-refractivity contribution is -0.142. The van der Waals surface area contributed by atoms with E-state index >= 15 is 0 Å². The van der Waals surface area contributed by atoms with E-state index in [4.69, 9.17) is 4.74 Å². The second kappa shape index (κ2) is 5.27. The SMILES string of the molecule is COC(=O)C1CCCc2c1ccc1c2cc(O)c2ccccc21. The summed E-state index contributed by atoms with van der Waals surface area (Å²) in [5.41, 5.74) is 2.22. The van der Waals surface area contributed by atoms with Crippen molar-refractivity contribution in [3.8, 4) is 5.75 Å². The van der Waals surface area contributed by atoms with E-state index in [1.54, 1.807) is 0 Å². The van der Waals surface area contributed by atoms with Gasteiger partial charge >= 0.3 is 5.97 Å². The Labute approximate surface area is 134 Å². The zero-order valence-electron chi connectivity index (χ0n) is 13.0. The number of carbonyl (C=O) groups is 1. The van der Waals surface area contributed by atoms with Crippen LogP contribution in [0.4, 0.5) is 0 Å². The van der Waals surface area contributed by atoms with E-state index < -0.39 is 0 Å². The minimum Gasteiger partial charge on any atom is -0.507 e. The van der Waals surface area contributed by atoms with Crippen LogP contribution in [-0.2, 0) is 16.0 Å². The molecule has 0 spiro atoms. The molecule has 4 rings (SSSR count). The minimum absolute atomic E-state index is 0.171. The van der Waals surface area contributed by atoms with Crippen molar-refractivity contribution in [3.05, 3.63) is 53.6 Å². The smallest absolute Gasteiger partial charge is 0.313 e. The van der Waals surface area contributed by atoms with Crippen LogP contribution in [-0.4, -0.2) is 18.2 Å². The maximum absolute atomic E-state index is 12.1. The number of phenols is 1. The van der Waals surface area contributed by atoms with Gasteiger partial charge in [0.2, 0.25) is 0 Å². The van der Waals surface area contributed by atoms with Crippen molar-refractivity contribution in [2.75, 3.05) is 7.11 Å². The molecule has 0 bridgehead atoms. The van der Waals surface area contributed by atoms with Crippen molar-refractivity contribution >= 4 is 27.5 Å². The van der Waals surface area contributed by atoms with Crippen molar-refractivity contribution in [1.29, 1.82) is 0 Å². The first kappa shape index (κ1) is 14.1.